The van der Waals surface area contributed by atoms with Crippen LogP contribution in [0.2, 0.25) is 0 Å². The molecule has 116 valence electrons. The van der Waals surface area contributed by atoms with Gasteiger partial charge in [-0.3, -0.25) is 4.79 Å². The number of rotatable bonds is 7. The second-order valence-electron chi connectivity index (χ2n) is 6.60. The van der Waals surface area contributed by atoms with Crippen molar-refractivity contribution in [3.05, 3.63) is 35.4 Å². The molecule has 1 unspecified atom stereocenters. The van der Waals surface area contributed by atoms with Crippen LogP contribution in [0.1, 0.15) is 63.5 Å². The highest BCUT2D eigenvalue weighted by Gasteiger charge is 2.44. The van der Waals surface area contributed by atoms with Gasteiger partial charge in [0.15, 0.2) is 0 Å². The number of carbonyl (C=O) groups is 1. The molecule has 0 spiro atoms. The molecule has 0 aliphatic carbocycles. The summed E-state index contributed by atoms with van der Waals surface area (Å²) in [6.45, 7) is 8.21. The van der Waals surface area contributed by atoms with Crippen LogP contribution in [0.15, 0.2) is 24.3 Å². The molecule has 1 amide bonds. The van der Waals surface area contributed by atoms with Crippen LogP contribution < -0.4 is 0 Å². The Morgan fingerprint density at radius 1 is 1.10 bits per heavy atom. The van der Waals surface area contributed by atoms with Crippen molar-refractivity contribution in [3.63, 3.8) is 0 Å². The molecule has 2 heteroatoms. The lowest BCUT2D eigenvalue weighted by atomic mass is 9.77. The van der Waals surface area contributed by atoms with Gasteiger partial charge in [-0.05, 0) is 31.7 Å². The SMILES string of the molecule is CCCCC1(CCC)CCN(Cc2ccc(C)cc2)C1=O. The highest BCUT2D eigenvalue weighted by Crippen LogP contribution is 2.41. The van der Waals surface area contributed by atoms with Gasteiger partial charge >= 0.3 is 0 Å². The van der Waals surface area contributed by atoms with Crippen LogP contribution in [0.5, 0.6) is 0 Å². The summed E-state index contributed by atoms with van der Waals surface area (Å²) in [7, 11) is 0. The first-order valence-corrected chi connectivity index (χ1v) is 8.46. The average molecular weight is 287 g/mol. The lowest BCUT2D eigenvalue weighted by molar-refractivity contribution is -0.137. The van der Waals surface area contributed by atoms with Gasteiger partial charge in [0.2, 0.25) is 5.91 Å². The summed E-state index contributed by atoms with van der Waals surface area (Å²) in [5, 5.41) is 0. The molecule has 2 rings (SSSR count). The molecule has 0 N–H and O–H groups in total. The van der Waals surface area contributed by atoms with Gasteiger partial charge in [0.25, 0.3) is 0 Å². The van der Waals surface area contributed by atoms with Crippen molar-refractivity contribution < 1.29 is 4.79 Å². The molecule has 1 aromatic carbocycles. The Balaban J connectivity index is 2.06. The van der Waals surface area contributed by atoms with E-state index in [2.05, 4.69) is 49.9 Å². The zero-order chi connectivity index (χ0) is 15.3. The van der Waals surface area contributed by atoms with E-state index in [4.69, 9.17) is 0 Å². The van der Waals surface area contributed by atoms with Crippen molar-refractivity contribution >= 4 is 5.91 Å². The monoisotopic (exact) mass is 287 g/mol. The summed E-state index contributed by atoms with van der Waals surface area (Å²) in [4.78, 5) is 15.0. The molecule has 1 aliphatic rings. The maximum absolute atomic E-state index is 12.9. The van der Waals surface area contributed by atoms with Gasteiger partial charge in [0.05, 0.1) is 5.41 Å². The zero-order valence-corrected chi connectivity index (χ0v) is 13.8. The van der Waals surface area contributed by atoms with E-state index in [0.717, 1.165) is 38.8 Å². The Kier molecular flexibility index (Phi) is 5.44. The van der Waals surface area contributed by atoms with E-state index in [1.807, 2.05) is 0 Å². The molecule has 1 atom stereocenters. The van der Waals surface area contributed by atoms with Crippen molar-refractivity contribution in [2.45, 2.75) is 65.8 Å². The fourth-order valence-electron chi connectivity index (χ4n) is 3.54. The summed E-state index contributed by atoms with van der Waals surface area (Å²) < 4.78 is 0. The Hall–Kier alpha value is -1.31. The van der Waals surface area contributed by atoms with E-state index in [9.17, 15) is 4.79 Å². The third-order valence-corrected chi connectivity index (χ3v) is 4.83. The van der Waals surface area contributed by atoms with Gasteiger partial charge in [-0.15, -0.1) is 0 Å². The molecule has 0 saturated carbocycles. The molecule has 1 heterocycles. The smallest absolute Gasteiger partial charge is 0.229 e. The lowest BCUT2D eigenvalue weighted by Crippen LogP contribution is -2.34. The molecule has 2 nitrogen and oxygen atoms in total. The summed E-state index contributed by atoms with van der Waals surface area (Å²) in [5.41, 5.74) is 2.46. The van der Waals surface area contributed by atoms with Crippen LogP contribution in [-0.4, -0.2) is 17.4 Å². The summed E-state index contributed by atoms with van der Waals surface area (Å²) in [6.07, 6.45) is 6.62. The fraction of sp³-hybridized carbons (Fsp3) is 0.632. The topological polar surface area (TPSA) is 20.3 Å². The van der Waals surface area contributed by atoms with Crippen molar-refractivity contribution in [3.8, 4) is 0 Å². The number of amides is 1. The molecule has 1 fully saturated rings. The molecular weight excluding hydrogens is 258 g/mol. The average Bonchev–Trinajstić information content (AvgIpc) is 2.78. The fourth-order valence-corrected chi connectivity index (χ4v) is 3.54. The minimum atomic E-state index is -0.0601. The van der Waals surface area contributed by atoms with Crippen LogP contribution in [0.25, 0.3) is 0 Å². The molecule has 21 heavy (non-hydrogen) atoms. The third-order valence-electron chi connectivity index (χ3n) is 4.83. The summed E-state index contributed by atoms with van der Waals surface area (Å²) in [5.74, 6) is 0.401. The van der Waals surface area contributed by atoms with Crippen LogP contribution in [0, 0.1) is 12.3 Å². The highest BCUT2D eigenvalue weighted by atomic mass is 16.2. The number of nitrogens with zero attached hydrogens (tertiary/aromatic N) is 1. The van der Waals surface area contributed by atoms with E-state index in [0.29, 0.717) is 5.91 Å². The first-order valence-electron chi connectivity index (χ1n) is 8.46. The Morgan fingerprint density at radius 2 is 1.81 bits per heavy atom. The second-order valence-corrected chi connectivity index (χ2v) is 6.60. The largest absolute Gasteiger partial charge is 0.338 e. The number of unbranched alkanes of at least 4 members (excludes halogenated alkanes) is 1. The molecule has 0 bridgehead atoms. The minimum Gasteiger partial charge on any atom is -0.338 e. The van der Waals surface area contributed by atoms with E-state index in [1.54, 1.807) is 0 Å². The Morgan fingerprint density at radius 3 is 2.43 bits per heavy atom. The number of carbonyl (C=O) groups excluding carboxylic acids is 1. The second kappa shape index (κ2) is 7.11. The number of hydrogen-bond donors (Lipinski definition) is 0. The molecule has 1 aliphatic heterocycles. The van der Waals surface area contributed by atoms with Crippen molar-refractivity contribution in [2.24, 2.45) is 5.41 Å². The zero-order valence-electron chi connectivity index (χ0n) is 13.8. The van der Waals surface area contributed by atoms with Gasteiger partial charge in [-0.25, -0.2) is 0 Å². The normalized spacial score (nSPS) is 22.0. The van der Waals surface area contributed by atoms with Crippen LogP contribution in [-0.2, 0) is 11.3 Å². The van der Waals surface area contributed by atoms with Crippen LogP contribution in [0.3, 0.4) is 0 Å². The van der Waals surface area contributed by atoms with Gasteiger partial charge in [0.1, 0.15) is 0 Å². The van der Waals surface area contributed by atoms with E-state index in [-0.39, 0.29) is 5.41 Å². The van der Waals surface area contributed by atoms with Crippen molar-refractivity contribution in [1.82, 2.24) is 4.90 Å². The molecule has 0 aromatic heterocycles. The van der Waals surface area contributed by atoms with E-state index >= 15 is 0 Å². The summed E-state index contributed by atoms with van der Waals surface area (Å²) in [6, 6.07) is 8.56. The summed E-state index contributed by atoms with van der Waals surface area (Å²) >= 11 is 0. The quantitative estimate of drug-likeness (QED) is 0.711. The van der Waals surface area contributed by atoms with Gasteiger partial charge in [-0.2, -0.15) is 0 Å². The van der Waals surface area contributed by atoms with Crippen LogP contribution in [0.4, 0.5) is 0 Å². The Bertz CT molecular complexity index is 465. The molecule has 1 saturated heterocycles. The highest BCUT2D eigenvalue weighted by molar-refractivity contribution is 5.84. The lowest BCUT2D eigenvalue weighted by Gasteiger charge is -2.27. The van der Waals surface area contributed by atoms with Gasteiger partial charge in [-0.1, -0.05) is 62.9 Å². The maximum atomic E-state index is 12.9. The molecule has 0 radical (unpaired) electrons. The first kappa shape index (κ1) is 16.1. The number of hydrogen-bond acceptors (Lipinski definition) is 1. The molecular formula is C19H29NO. The predicted molar refractivity (Wildman–Crippen MR) is 88.1 cm³/mol. The van der Waals surface area contributed by atoms with Gasteiger partial charge < -0.3 is 4.90 Å². The number of likely N-dealkylation sites (tertiary alicyclic amines) is 1. The van der Waals surface area contributed by atoms with Crippen molar-refractivity contribution in [1.29, 1.82) is 0 Å². The maximum Gasteiger partial charge on any atom is 0.229 e. The number of benzene rings is 1. The number of aryl methyl sites for hydroxylation is 1. The van der Waals surface area contributed by atoms with E-state index in [1.165, 1.54) is 24.0 Å². The third kappa shape index (κ3) is 3.66. The standard InChI is InChI=1S/C19H29NO/c1-4-6-12-19(11-5-2)13-14-20(18(19)21)15-17-9-7-16(3)8-10-17/h7-10H,4-6,11-15H2,1-3H3. The molecule has 1 aromatic rings. The van der Waals surface area contributed by atoms with E-state index < -0.39 is 0 Å². The van der Waals surface area contributed by atoms with Crippen molar-refractivity contribution in [2.75, 3.05) is 6.54 Å². The van der Waals surface area contributed by atoms with Gasteiger partial charge in [0, 0.05) is 13.1 Å². The van der Waals surface area contributed by atoms with Crippen LogP contribution >= 0.6 is 0 Å². The minimum absolute atomic E-state index is 0.0601. The Labute approximate surface area is 129 Å². The first-order chi connectivity index (χ1) is 10.1. The predicted octanol–water partition coefficient (Wildman–Crippen LogP) is 4.70.